The SMILES string of the molecule is CS(=O)(=O)C1Cc2ccccc2-c2ccccc21. The first-order chi connectivity index (χ1) is 8.57. The van der Waals surface area contributed by atoms with Crippen LogP contribution in [0.4, 0.5) is 0 Å². The molecule has 0 fully saturated rings. The van der Waals surface area contributed by atoms with Crippen molar-refractivity contribution in [2.24, 2.45) is 0 Å². The Morgan fingerprint density at radius 3 is 2.28 bits per heavy atom. The molecule has 0 spiro atoms. The summed E-state index contributed by atoms with van der Waals surface area (Å²) in [7, 11) is -3.08. The number of fused-ring (bicyclic) bond motifs is 3. The van der Waals surface area contributed by atoms with Crippen LogP contribution in [0, 0.1) is 0 Å². The molecule has 1 unspecified atom stereocenters. The first-order valence-corrected chi connectivity index (χ1v) is 7.89. The van der Waals surface area contributed by atoms with E-state index in [0.717, 1.165) is 22.3 Å². The van der Waals surface area contributed by atoms with Crippen molar-refractivity contribution in [1.82, 2.24) is 0 Å². The van der Waals surface area contributed by atoms with Crippen molar-refractivity contribution in [2.45, 2.75) is 11.7 Å². The number of benzene rings is 2. The van der Waals surface area contributed by atoms with Crippen LogP contribution in [0.1, 0.15) is 16.4 Å². The van der Waals surface area contributed by atoms with E-state index >= 15 is 0 Å². The summed E-state index contributed by atoms with van der Waals surface area (Å²) >= 11 is 0. The van der Waals surface area contributed by atoms with E-state index in [-0.39, 0.29) is 0 Å². The zero-order valence-electron chi connectivity index (χ0n) is 10.1. The van der Waals surface area contributed by atoms with Crippen LogP contribution in [0.15, 0.2) is 48.5 Å². The minimum Gasteiger partial charge on any atom is -0.228 e. The monoisotopic (exact) mass is 258 g/mol. The molecule has 0 bridgehead atoms. The van der Waals surface area contributed by atoms with Gasteiger partial charge in [-0.1, -0.05) is 48.5 Å². The highest BCUT2D eigenvalue weighted by molar-refractivity contribution is 7.90. The highest BCUT2D eigenvalue weighted by Crippen LogP contribution is 2.41. The summed E-state index contributed by atoms with van der Waals surface area (Å²) in [5.41, 5.74) is 4.26. The standard InChI is InChI=1S/C15H14O2S/c1-18(16,17)15-10-11-6-2-3-7-12(11)13-8-4-5-9-14(13)15/h2-9,15H,10H2,1H3. The van der Waals surface area contributed by atoms with E-state index in [1.165, 1.54) is 6.26 Å². The van der Waals surface area contributed by atoms with Crippen molar-refractivity contribution >= 4 is 9.84 Å². The molecule has 0 aliphatic heterocycles. The molecule has 0 saturated heterocycles. The summed E-state index contributed by atoms with van der Waals surface area (Å²) in [6.45, 7) is 0. The minimum absolute atomic E-state index is 0.413. The molecular formula is C15H14O2S. The van der Waals surface area contributed by atoms with E-state index in [1.54, 1.807) is 0 Å². The summed E-state index contributed by atoms with van der Waals surface area (Å²) in [5.74, 6) is 0. The Labute approximate surface area is 107 Å². The molecule has 3 heteroatoms. The van der Waals surface area contributed by atoms with E-state index in [1.807, 2.05) is 42.5 Å². The lowest BCUT2D eigenvalue weighted by molar-refractivity contribution is 0.586. The molecule has 2 aromatic carbocycles. The molecule has 0 saturated carbocycles. The molecular weight excluding hydrogens is 244 g/mol. The first-order valence-electron chi connectivity index (χ1n) is 5.93. The molecule has 92 valence electrons. The van der Waals surface area contributed by atoms with Gasteiger partial charge in [0.05, 0.1) is 5.25 Å². The molecule has 3 rings (SSSR count). The van der Waals surface area contributed by atoms with Gasteiger partial charge in [-0.25, -0.2) is 8.42 Å². The topological polar surface area (TPSA) is 34.1 Å². The van der Waals surface area contributed by atoms with Crippen molar-refractivity contribution in [1.29, 1.82) is 0 Å². The van der Waals surface area contributed by atoms with Crippen molar-refractivity contribution in [3.63, 3.8) is 0 Å². The predicted octanol–water partition coefficient (Wildman–Crippen LogP) is 3.00. The molecule has 0 amide bonds. The quantitative estimate of drug-likeness (QED) is 0.788. The molecule has 0 aromatic heterocycles. The maximum absolute atomic E-state index is 12.0. The van der Waals surface area contributed by atoms with Gasteiger partial charge in [0.15, 0.2) is 9.84 Å². The van der Waals surface area contributed by atoms with Crippen LogP contribution < -0.4 is 0 Å². The third kappa shape index (κ3) is 1.75. The average Bonchev–Trinajstić information content (AvgIpc) is 2.37. The summed E-state index contributed by atoms with van der Waals surface area (Å²) in [4.78, 5) is 0. The third-order valence-electron chi connectivity index (χ3n) is 3.54. The van der Waals surface area contributed by atoms with E-state index in [4.69, 9.17) is 0 Å². The summed E-state index contributed by atoms with van der Waals surface area (Å²) in [6, 6.07) is 15.8. The predicted molar refractivity (Wildman–Crippen MR) is 73.2 cm³/mol. The van der Waals surface area contributed by atoms with Crippen molar-refractivity contribution in [3.8, 4) is 11.1 Å². The Hall–Kier alpha value is -1.61. The van der Waals surface area contributed by atoms with Crippen LogP contribution in [0.3, 0.4) is 0 Å². The first kappa shape index (κ1) is 11.5. The van der Waals surface area contributed by atoms with E-state index in [9.17, 15) is 8.42 Å². The average molecular weight is 258 g/mol. The number of sulfone groups is 1. The van der Waals surface area contributed by atoms with Gasteiger partial charge in [0.1, 0.15) is 0 Å². The van der Waals surface area contributed by atoms with Crippen LogP contribution in [-0.2, 0) is 16.3 Å². The second kappa shape index (κ2) is 3.95. The van der Waals surface area contributed by atoms with Gasteiger partial charge in [-0.05, 0) is 28.7 Å². The zero-order valence-corrected chi connectivity index (χ0v) is 10.9. The van der Waals surface area contributed by atoms with Gasteiger partial charge >= 0.3 is 0 Å². The Balaban J connectivity index is 2.30. The van der Waals surface area contributed by atoms with Gasteiger partial charge in [-0.3, -0.25) is 0 Å². The lowest BCUT2D eigenvalue weighted by Crippen LogP contribution is -2.19. The molecule has 1 aliphatic carbocycles. The largest absolute Gasteiger partial charge is 0.228 e. The molecule has 1 atom stereocenters. The normalized spacial score (nSPS) is 17.9. The molecule has 2 nitrogen and oxygen atoms in total. The Morgan fingerprint density at radius 2 is 1.56 bits per heavy atom. The van der Waals surface area contributed by atoms with Crippen LogP contribution in [0.2, 0.25) is 0 Å². The molecule has 0 radical (unpaired) electrons. The molecule has 0 N–H and O–H groups in total. The van der Waals surface area contributed by atoms with Gasteiger partial charge < -0.3 is 0 Å². The van der Waals surface area contributed by atoms with Crippen LogP contribution in [-0.4, -0.2) is 14.7 Å². The Bertz CT molecular complexity index is 702. The molecule has 1 aliphatic rings. The number of rotatable bonds is 1. The van der Waals surface area contributed by atoms with E-state index < -0.39 is 15.1 Å². The highest BCUT2D eigenvalue weighted by Gasteiger charge is 2.30. The van der Waals surface area contributed by atoms with Gasteiger partial charge in [0.25, 0.3) is 0 Å². The maximum atomic E-state index is 12.0. The molecule has 0 heterocycles. The van der Waals surface area contributed by atoms with E-state index in [0.29, 0.717) is 6.42 Å². The summed E-state index contributed by atoms with van der Waals surface area (Å²) in [5, 5.41) is -0.413. The van der Waals surface area contributed by atoms with Gasteiger partial charge in [0.2, 0.25) is 0 Å². The number of hydrogen-bond donors (Lipinski definition) is 0. The highest BCUT2D eigenvalue weighted by atomic mass is 32.2. The van der Waals surface area contributed by atoms with Gasteiger partial charge in [-0.2, -0.15) is 0 Å². The fourth-order valence-electron chi connectivity index (χ4n) is 2.68. The second-order valence-electron chi connectivity index (χ2n) is 4.77. The molecule has 2 aromatic rings. The fourth-order valence-corrected chi connectivity index (χ4v) is 3.82. The van der Waals surface area contributed by atoms with Crippen LogP contribution in [0.25, 0.3) is 11.1 Å². The number of hydrogen-bond acceptors (Lipinski definition) is 2. The lowest BCUT2D eigenvalue weighted by atomic mass is 9.85. The molecule has 18 heavy (non-hydrogen) atoms. The van der Waals surface area contributed by atoms with Crippen LogP contribution >= 0.6 is 0 Å². The van der Waals surface area contributed by atoms with Crippen LogP contribution in [0.5, 0.6) is 0 Å². The summed E-state index contributed by atoms with van der Waals surface area (Å²) < 4.78 is 23.9. The van der Waals surface area contributed by atoms with Crippen molar-refractivity contribution < 1.29 is 8.42 Å². The summed E-state index contributed by atoms with van der Waals surface area (Å²) in [6.07, 6.45) is 1.90. The van der Waals surface area contributed by atoms with Crippen molar-refractivity contribution in [3.05, 3.63) is 59.7 Å². The zero-order chi connectivity index (χ0) is 12.8. The Morgan fingerprint density at radius 1 is 0.944 bits per heavy atom. The smallest absolute Gasteiger partial charge is 0.154 e. The second-order valence-corrected chi connectivity index (χ2v) is 6.99. The third-order valence-corrected chi connectivity index (χ3v) is 4.99. The Kier molecular flexibility index (Phi) is 2.52. The van der Waals surface area contributed by atoms with Gasteiger partial charge in [0, 0.05) is 6.26 Å². The van der Waals surface area contributed by atoms with E-state index in [2.05, 4.69) is 6.07 Å². The van der Waals surface area contributed by atoms with Crippen molar-refractivity contribution in [2.75, 3.05) is 6.26 Å². The lowest BCUT2D eigenvalue weighted by Gasteiger charge is -2.26. The maximum Gasteiger partial charge on any atom is 0.154 e. The van der Waals surface area contributed by atoms with Gasteiger partial charge in [-0.15, -0.1) is 0 Å². The fraction of sp³-hybridized carbons (Fsp3) is 0.200. The minimum atomic E-state index is -3.08.